The molecule has 100 valence electrons. The van der Waals surface area contributed by atoms with Crippen molar-refractivity contribution in [2.24, 2.45) is 0 Å². The summed E-state index contributed by atoms with van der Waals surface area (Å²) in [5.74, 6) is -0.937. The van der Waals surface area contributed by atoms with Crippen LogP contribution in [0.5, 0.6) is 5.75 Å². The van der Waals surface area contributed by atoms with Gasteiger partial charge in [0.05, 0.1) is 12.9 Å². The third-order valence-electron chi connectivity index (χ3n) is 2.42. The first-order valence-electron chi connectivity index (χ1n) is 5.51. The van der Waals surface area contributed by atoms with Crippen molar-refractivity contribution in [3.8, 4) is 5.75 Å². The second kappa shape index (κ2) is 5.61. The number of hydrogen-bond acceptors (Lipinski definition) is 3. The predicted molar refractivity (Wildman–Crippen MR) is 70.0 cm³/mol. The summed E-state index contributed by atoms with van der Waals surface area (Å²) >= 11 is 0. The average Bonchev–Trinajstić information content (AvgIpc) is 2.27. The quantitative estimate of drug-likeness (QED) is 0.791. The Morgan fingerprint density at radius 1 is 1.39 bits per heavy atom. The molecule has 0 aromatic heterocycles. The number of carbonyl (C=O) groups is 1. The maximum absolute atomic E-state index is 13.4. The molecule has 0 spiro atoms. The highest BCUT2D eigenvalue weighted by atomic mass is 32.2. The summed E-state index contributed by atoms with van der Waals surface area (Å²) in [4.78, 5) is 11.9. The number of ether oxygens (including phenoxy) is 1. The molecule has 0 amide bonds. The Morgan fingerprint density at radius 3 is 2.44 bits per heavy atom. The monoisotopic (exact) mass is 272 g/mol. The molecule has 3 nitrogen and oxygen atoms in total. The van der Waals surface area contributed by atoms with Crippen LogP contribution in [0.15, 0.2) is 18.2 Å². The Hall–Kier alpha value is -1.23. The van der Waals surface area contributed by atoms with E-state index in [2.05, 4.69) is 0 Å². The van der Waals surface area contributed by atoms with Gasteiger partial charge >= 0.3 is 0 Å². The molecule has 0 bridgehead atoms. The number of Topliss-reactive ketones (excluding diaryl/α,β-unsaturated/α-hetero) is 1. The summed E-state index contributed by atoms with van der Waals surface area (Å²) < 4.78 is 29.6. The van der Waals surface area contributed by atoms with Crippen molar-refractivity contribution in [3.63, 3.8) is 0 Å². The van der Waals surface area contributed by atoms with Crippen LogP contribution in [0.1, 0.15) is 31.1 Å². The average molecular weight is 272 g/mol. The Labute approximate surface area is 109 Å². The summed E-state index contributed by atoms with van der Waals surface area (Å²) in [5, 5.41) is 0. The first-order valence-corrected chi connectivity index (χ1v) is 6.83. The van der Waals surface area contributed by atoms with Crippen molar-refractivity contribution in [1.29, 1.82) is 0 Å². The van der Waals surface area contributed by atoms with E-state index < -0.39 is 21.4 Å². The van der Waals surface area contributed by atoms with Gasteiger partial charge in [0.15, 0.2) is 17.3 Å². The summed E-state index contributed by atoms with van der Waals surface area (Å²) in [6.45, 7) is 5.39. The van der Waals surface area contributed by atoms with Gasteiger partial charge in [-0.05, 0) is 39.0 Å². The van der Waals surface area contributed by atoms with Crippen LogP contribution in [0.2, 0.25) is 0 Å². The van der Waals surface area contributed by atoms with Gasteiger partial charge in [-0.3, -0.25) is 9.00 Å². The Kier molecular flexibility index (Phi) is 4.62. The lowest BCUT2D eigenvalue weighted by Crippen LogP contribution is -2.27. The van der Waals surface area contributed by atoms with Crippen LogP contribution < -0.4 is 4.74 Å². The highest BCUT2D eigenvalue weighted by Gasteiger charge is 2.23. The van der Waals surface area contributed by atoms with E-state index in [1.165, 1.54) is 19.2 Å². The van der Waals surface area contributed by atoms with E-state index >= 15 is 0 Å². The molecule has 0 fully saturated rings. The maximum Gasteiger partial charge on any atom is 0.175 e. The molecular weight excluding hydrogens is 255 g/mol. The molecule has 5 heteroatoms. The van der Waals surface area contributed by atoms with Crippen molar-refractivity contribution in [3.05, 3.63) is 29.6 Å². The second-order valence-corrected chi connectivity index (χ2v) is 7.08. The van der Waals surface area contributed by atoms with Crippen LogP contribution in [0.25, 0.3) is 0 Å². The number of rotatable bonds is 4. The third kappa shape index (κ3) is 3.63. The van der Waals surface area contributed by atoms with E-state index in [1.807, 2.05) is 0 Å². The number of halogens is 1. The molecular formula is C13H17FO3S. The minimum absolute atomic E-state index is 0.0866. The van der Waals surface area contributed by atoms with E-state index in [1.54, 1.807) is 20.8 Å². The molecule has 1 atom stereocenters. The van der Waals surface area contributed by atoms with Gasteiger partial charge in [0.25, 0.3) is 0 Å². The first kappa shape index (κ1) is 14.8. The van der Waals surface area contributed by atoms with Crippen molar-refractivity contribution in [2.45, 2.75) is 25.5 Å². The van der Waals surface area contributed by atoms with Gasteiger partial charge in [-0.2, -0.15) is 0 Å². The van der Waals surface area contributed by atoms with Gasteiger partial charge in [-0.1, -0.05) is 0 Å². The largest absolute Gasteiger partial charge is 0.494 e. The van der Waals surface area contributed by atoms with E-state index in [9.17, 15) is 13.4 Å². The van der Waals surface area contributed by atoms with Crippen LogP contribution in [-0.2, 0) is 10.8 Å². The lowest BCUT2D eigenvalue weighted by atomic mass is 10.1. The van der Waals surface area contributed by atoms with E-state index in [-0.39, 0.29) is 22.8 Å². The number of carbonyl (C=O) groups excluding carboxylic acids is 1. The first-order chi connectivity index (χ1) is 8.25. The fraction of sp³-hybridized carbons (Fsp3) is 0.462. The zero-order valence-corrected chi connectivity index (χ0v) is 11.8. The van der Waals surface area contributed by atoms with Crippen molar-refractivity contribution in [1.82, 2.24) is 0 Å². The van der Waals surface area contributed by atoms with Crippen molar-refractivity contribution in [2.75, 3.05) is 12.9 Å². The van der Waals surface area contributed by atoms with Crippen LogP contribution in [0.4, 0.5) is 4.39 Å². The number of hydrogen-bond donors (Lipinski definition) is 0. The van der Waals surface area contributed by atoms with Gasteiger partial charge < -0.3 is 4.74 Å². The van der Waals surface area contributed by atoms with E-state index in [4.69, 9.17) is 4.74 Å². The SMILES string of the molecule is COc1ccc(C(=O)CS(=O)C(C)(C)C)cc1F. The van der Waals surface area contributed by atoms with Crippen LogP contribution in [-0.4, -0.2) is 27.6 Å². The molecule has 0 saturated heterocycles. The molecule has 0 N–H and O–H groups in total. The molecule has 1 unspecified atom stereocenters. The fourth-order valence-corrected chi connectivity index (χ4v) is 2.10. The highest BCUT2D eigenvalue weighted by molar-refractivity contribution is 7.87. The van der Waals surface area contributed by atoms with Crippen LogP contribution >= 0.6 is 0 Å². The number of methoxy groups -OCH3 is 1. The smallest absolute Gasteiger partial charge is 0.175 e. The topological polar surface area (TPSA) is 43.4 Å². The molecule has 1 rings (SSSR count). The van der Waals surface area contributed by atoms with Gasteiger partial charge in [0.2, 0.25) is 0 Å². The Balaban J connectivity index is 2.86. The van der Waals surface area contributed by atoms with Gasteiger partial charge in [0.1, 0.15) is 0 Å². The summed E-state index contributed by atoms with van der Waals surface area (Å²) in [6, 6.07) is 3.98. The lowest BCUT2D eigenvalue weighted by molar-refractivity contribution is 0.102. The van der Waals surface area contributed by atoms with Crippen molar-refractivity contribution < 1.29 is 18.1 Å². The summed E-state index contributed by atoms with van der Waals surface area (Å²) in [6.07, 6.45) is 0. The highest BCUT2D eigenvalue weighted by Crippen LogP contribution is 2.19. The summed E-state index contributed by atoms with van der Waals surface area (Å²) in [5.41, 5.74) is 0.214. The zero-order chi connectivity index (χ0) is 13.9. The molecule has 0 aliphatic rings. The second-order valence-electron chi connectivity index (χ2n) is 4.87. The molecule has 1 aromatic rings. The number of ketones is 1. The number of benzene rings is 1. The van der Waals surface area contributed by atoms with Gasteiger partial charge in [0, 0.05) is 21.1 Å². The van der Waals surface area contributed by atoms with Crippen LogP contribution in [0, 0.1) is 5.82 Å². The third-order valence-corrected chi connectivity index (χ3v) is 4.31. The van der Waals surface area contributed by atoms with Gasteiger partial charge in [-0.25, -0.2) is 4.39 Å². The van der Waals surface area contributed by atoms with Crippen molar-refractivity contribution >= 4 is 16.6 Å². The predicted octanol–water partition coefficient (Wildman–Crippen LogP) is 2.56. The Morgan fingerprint density at radius 2 is 2.00 bits per heavy atom. The van der Waals surface area contributed by atoms with E-state index in [0.717, 1.165) is 6.07 Å². The van der Waals surface area contributed by atoms with Gasteiger partial charge in [-0.15, -0.1) is 0 Å². The van der Waals surface area contributed by atoms with E-state index in [0.29, 0.717) is 0 Å². The molecule has 0 aliphatic carbocycles. The minimum Gasteiger partial charge on any atom is -0.494 e. The normalized spacial score (nSPS) is 13.2. The maximum atomic E-state index is 13.4. The minimum atomic E-state index is -1.28. The molecule has 0 heterocycles. The molecule has 18 heavy (non-hydrogen) atoms. The molecule has 0 aliphatic heterocycles. The summed E-state index contributed by atoms with van der Waals surface area (Å²) in [7, 11) is 0.0708. The molecule has 1 aromatic carbocycles. The van der Waals surface area contributed by atoms with Crippen LogP contribution in [0.3, 0.4) is 0 Å². The zero-order valence-electron chi connectivity index (χ0n) is 11.0. The lowest BCUT2D eigenvalue weighted by Gasteiger charge is -2.17. The standard InChI is InChI=1S/C13H17FO3S/c1-13(2,3)18(16)8-11(15)9-5-6-12(17-4)10(14)7-9/h5-7H,8H2,1-4H3. The molecule has 0 saturated carbocycles. The Bertz CT molecular complexity index is 478. The molecule has 0 radical (unpaired) electrons. The fourth-order valence-electron chi connectivity index (χ4n) is 1.26.